The van der Waals surface area contributed by atoms with Crippen LogP contribution in [0.5, 0.6) is 0 Å². The fourth-order valence-electron chi connectivity index (χ4n) is 4.64. The molecule has 1 aliphatic heterocycles. The Morgan fingerprint density at radius 3 is 2.70 bits per heavy atom. The molecule has 0 bridgehead atoms. The van der Waals surface area contributed by atoms with Crippen LogP contribution in [-0.4, -0.2) is 53.1 Å². The highest BCUT2D eigenvalue weighted by molar-refractivity contribution is 6.09. The molecule has 1 aromatic heterocycles. The van der Waals surface area contributed by atoms with Crippen molar-refractivity contribution in [2.45, 2.75) is 63.6 Å². The van der Waals surface area contributed by atoms with E-state index in [1.807, 2.05) is 35.2 Å². The predicted molar refractivity (Wildman–Crippen MR) is 119 cm³/mol. The van der Waals surface area contributed by atoms with Crippen LogP contribution in [0.15, 0.2) is 30.3 Å². The minimum Gasteiger partial charge on any atom is -0.390 e. The van der Waals surface area contributed by atoms with E-state index in [1.165, 1.54) is 39.0 Å². The van der Waals surface area contributed by atoms with Crippen LogP contribution in [0.1, 0.15) is 55.8 Å². The van der Waals surface area contributed by atoms with Gasteiger partial charge in [0.05, 0.1) is 23.0 Å². The largest absolute Gasteiger partial charge is 0.390 e. The Bertz CT molecular complexity index is 925. The SMILES string of the molecule is CC(=N)NC(=O)c1cc2ccccc2nc1N1CC[C@H](NC2CCCCC2)[C@H](O)C1. The van der Waals surface area contributed by atoms with E-state index in [9.17, 15) is 9.90 Å². The molecule has 1 amide bonds. The van der Waals surface area contributed by atoms with Crippen LogP contribution in [0.25, 0.3) is 10.9 Å². The average Bonchev–Trinajstić information content (AvgIpc) is 2.74. The highest BCUT2D eigenvalue weighted by atomic mass is 16.3. The molecular weight excluding hydrogens is 378 g/mol. The van der Waals surface area contributed by atoms with E-state index in [0.29, 0.717) is 24.0 Å². The lowest BCUT2D eigenvalue weighted by Crippen LogP contribution is -2.55. The number of anilines is 1. The second kappa shape index (κ2) is 9.10. The predicted octanol–water partition coefficient (Wildman–Crippen LogP) is 2.82. The number of fused-ring (bicyclic) bond motifs is 1. The summed E-state index contributed by atoms with van der Waals surface area (Å²) in [6.45, 7) is 2.69. The summed E-state index contributed by atoms with van der Waals surface area (Å²) in [6.07, 6.45) is 6.49. The second-order valence-corrected chi connectivity index (χ2v) is 8.54. The summed E-state index contributed by atoms with van der Waals surface area (Å²) >= 11 is 0. The number of benzene rings is 1. The van der Waals surface area contributed by atoms with Crippen molar-refractivity contribution in [1.82, 2.24) is 15.6 Å². The van der Waals surface area contributed by atoms with Crippen molar-refractivity contribution in [3.05, 3.63) is 35.9 Å². The molecule has 4 N–H and O–H groups in total. The van der Waals surface area contributed by atoms with Crippen molar-refractivity contribution < 1.29 is 9.90 Å². The van der Waals surface area contributed by atoms with Gasteiger partial charge in [0, 0.05) is 30.6 Å². The van der Waals surface area contributed by atoms with Crippen molar-refractivity contribution in [3.63, 3.8) is 0 Å². The molecule has 2 heterocycles. The van der Waals surface area contributed by atoms with Crippen LogP contribution in [0.4, 0.5) is 5.82 Å². The van der Waals surface area contributed by atoms with E-state index in [0.717, 1.165) is 23.9 Å². The van der Waals surface area contributed by atoms with Gasteiger partial charge in [-0.15, -0.1) is 0 Å². The van der Waals surface area contributed by atoms with Crippen LogP contribution < -0.4 is 15.5 Å². The number of carbonyl (C=O) groups excluding carboxylic acids is 1. The Hall–Kier alpha value is -2.51. The Labute approximate surface area is 177 Å². The molecule has 7 heteroatoms. The van der Waals surface area contributed by atoms with Gasteiger partial charge < -0.3 is 20.6 Å². The summed E-state index contributed by atoms with van der Waals surface area (Å²) in [5.41, 5.74) is 1.25. The molecule has 1 aromatic carbocycles. The zero-order chi connectivity index (χ0) is 21.1. The van der Waals surface area contributed by atoms with Gasteiger partial charge >= 0.3 is 0 Å². The molecule has 0 radical (unpaired) electrons. The van der Waals surface area contributed by atoms with Crippen LogP contribution in [0.2, 0.25) is 0 Å². The van der Waals surface area contributed by atoms with Crippen LogP contribution in [-0.2, 0) is 0 Å². The molecule has 0 unspecified atom stereocenters. The summed E-state index contributed by atoms with van der Waals surface area (Å²) < 4.78 is 0. The van der Waals surface area contributed by atoms with Gasteiger partial charge in [-0.2, -0.15) is 0 Å². The molecule has 1 saturated carbocycles. The molecule has 2 atom stereocenters. The van der Waals surface area contributed by atoms with Gasteiger partial charge in [0.15, 0.2) is 0 Å². The van der Waals surface area contributed by atoms with Crippen LogP contribution in [0, 0.1) is 5.41 Å². The fraction of sp³-hybridized carbons (Fsp3) is 0.522. The maximum Gasteiger partial charge on any atom is 0.260 e. The topological polar surface area (TPSA) is 101 Å². The molecule has 2 aromatic rings. The molecule has 160 valence electrons. The van der Waals surface area contributed by atoms with Gasteiger partial charge in [-0.25, -0.2) is 4.98 Å². The number of carbonyl (C=O) groups is 1. The van der Waals surface area contributed by atoms with E-state index < -0.39 is 6.10 Å². The maximum absolute atomic E-state index is 12.8. The second-order valence-electron chi connectivity index (χ2n) is 8.54. The van der Waals surface area contributed by atoms with Crippen molar-refractivity contribution in [2.75, 3.05) is 18.0 Å². The first kappa shape index (κ1) is 20.8. The molecular formula is C23H31N5O2. The van der Waals surface area contributed by atoms with Gasteiger partial charge in [-0.05, 0) is 38.3 Å². The summed E-state index contributed by atoms with van der Waals surface area (Å²) in [7, 11) is 0. The van der Waals surface area contributed by atoms with Crippen molar-refractivity contribution >= 4 is 28.5 Å². The van der Waals surface area contributed by atoms with E-state index in [2.05, 4.69) is 10.6 Å². The molecule has 7 nitrogen and oxygen atoms in total. The lowest BCUT2D eigenvalue weighted by Gasteiger charge is -2.39. The third kappa shape index (κ3) is 4.63. The van der Waals surface area contributed by atoms with Gasteiger partial charge in [-0.1, -0.05) is 37.5 Å². The number of aliphatic hydroxyl groups excluding tert-OH is 1. The van der Waals surface area contributed by atoms with E-state index >= 15 is 0 Å². The summed E-state index contributed by atoms with van der Waals surface area (Å²) in [5, 5.41) is 25.6. The highest BCUT2D eigenvalue weighted by Gasteiger charge is 2.32. The number of amides is 1. The first-order chi connectivity index (χ1) is 14.5. The van der Waals surface area contributed by atoms with E-state index in [4.69, 9.17) is 10.4 Å². The minimum absolute atomic E-state index is 0.0749. The number of hydrogen-bond donors (Lipinski definition) is 4. The monoisotopic (exact) mass is 409 g/mol. The number of nitrogens with zero attached hydrogens (tertiary/aromatic N) is 2. The summed E-state index contributed by atoms with van der Waals surface area (Å²) in [5.74, 6) is 0.324. The number of pyridine rings is 1. The third-order valence-corrected chi connectivity index (χ3v) is 6.19. The number of nitrogens with one attached hydrogen (secondary N) is 3. The highest BCUT2D eigenvalue weighted by Crippen LogP contribution is 2.27. The lowest BCUT2D eigenvalue weighted by atomic mass is 9.92. The standard InChI is InChI=1S/C23H31N5O2/c1-15(24)25-23(30)18-13-16-7-5-6-10-19(16)27-22(18)28-12-11-20(21(29)14-28)26-17-8-3-2-4-9-17/h5-7,10,13,17,20-21,26,29H,2-4,8-9,11-12,14H2,1H3,(H2,24,25,30)/t20-,21+/m0/s1. The molecule has 30 heavy (non-hydrogen) atoms. The minimum atomic E-state index is -0.519. The van der Waals surface area contributed by atoms with E-state index in [-0.39, 0.29) is 17.8 Å². The first-order valence-electron chi connectivity index (χ1n) is 11.0. The van der Waals surface area contributed by atoms with Gasteiger partial charge in [-0.3, -0.25) is 10.2 Å². The third-order valence-electron chi connectivity index (χ3n) is 6.19. The quantitative estimate of drug-likeness (QED) is 0.459. The number of aromatic nitrogens is 1. The van der Waals surface area contributed by atoms with Crippen molar-refractivity contribution in [1.29, 1.82) is 5.41 Å². The number of amidine groups is 1. The Kier molecular flexibility index (Phi) is 6.29. The number of rotatable bonds is 4. The smallest absolute Gasteiger partial charge is 0.260 e. The number of β-amino-alcohol motifs (C(OH)–C–C–N with tert-alkyl or cyclic N) is 1. The van der Waals surface area contributed by atoms with Gasteiger partial charge in [0.25, 0.3) is 5.91 Å². The normalized spacial score (nSPS) is 22.8. The van der Waals surface area contributed by atoms with Crippen LogP contribution >= 0.6 is 0 Å². The fourth-order valence-corrected chi connectivity index (χ4v) is 4.64. The molecule has 1 aliphatic carbocycles. The van der Waals surface area contributed by atoms with Gasteiger partial charge in [0.1, 0.15) is 5.82 Å². The van der Waals surface area contributed by atoms with Crippen molar-refractivity contribution in [3.8, 4) is 0 Å². The lowest BCUT2D eigenvalue weighted by molar-refractivity contribution is 0.0968. The van der Waals surface area contributed by atoms with E-state index in [1.54, 1.807) is 0 Å². The van der Waals surface area contributed by atoms with Crippen molar-refractivity contribution in [2.24, 2.45) is 0 Å². The summed E-state index contributed by atoms with van der Waals surface area (Å²) in [4.78, 5) is 19.5. The molecule has 2 fully saturated rings. The maximum atomic E-state index is 12.8. The summed E-state index contributed by atoms with van der Waals surface area (Å²) in [6, 6.07) is 10.1. The average molecular weight is 410 g/mol. The van der Waals surface area contributed by atoms with Crippen LogP contribution in [0.3, 0.4) is 0 Å². The zero-order valence-corrected chi connectivity index (χ0v) is 17.5. The molecule has 1 saturated heterocycles. The Morgan fingerprint density at radius 1 is 1.20 bits per heavy atom. The number of hydrogen-bond acceptors (Lipinski definition) is 6. The zero-order valence-electron chi connectivity index (χ0n) is 17.5. The first-order valence-corrected chi connectivity index (χ1v) is 11.0. The Morgan fingerprint density at radius 2 is 1.97 bits per heavy atom. The number of piperidine rings is 1. The number of aliphatic hydroxyl groups is 1. The van der Waals surface area contributed by atoms with Gasteiger partial charge in [0.2, 0.25) is 0 Å². The molecule has 4 rings (SSSR count). The Balaban J connectivity index is 1.56. The molecule has 2 aliphatic rings. The number of para-hydroxylation sites is 1. The molecule has 0 spiro atoms.